The molecular weight excluding hydrogens is 404 g/mol. The van der Waals surface area contributed by atoms with Gasteiger partial charge in [-0.3, -0.25) is 9.59 Å². The quantitative estimate of drug-likeness (QED) is 0.476. The Bertz CT molecular complexity index is 1320. The topological polar surface area (TPSA) is 85.2 Å². The summed E-state index contributed by atoms with van der Waals surface area (Å²) in [6.07, 6.45) is 1.50. The molecule has 4 rings (SSSR count). The second-order valence-corrected chi connectivity index (χ2v) is 7.14. The average molecular weight is 426 g/mol. The van der Waals surface area contributed by atoms with Crippen LogP contribution in [0.3, 0.4) is 0 Å². The van der Waals surface area contributed by atoms with Gasteiger partial charge < -0.3 is 15.4 Å². The number of hydrogen-bond acceptors (Lipinski definition) is 5. The van der Waals surface area contributed by atoms with Gasteiger partial charge in [0.2, 0.25) is 0 Å². The van der Waals surface area contributed by atoms with Crippen molar-refractivity contribution in [2.45, 2.75) is 6.92 Å². The molecule has 0 spiro atoms. The monoisotopic (exact) mass is 426 g/mol. The molecule has 1 heterocycles. The molecule has 3 aromatic carbocycles. The van der Waals surface area contributed by atoms with Gasteiger partial charge in [-0.1, -0.05) is 36.4 Å². The highest BCUT2D eigenvalue weighted by molar-refractivity contribution is 5.95. The summed E-state index contributed by atoms with van der Waals surface area (Å²) < 4.78 is 7.32. The number of anilines is 2. The first-order valence-electron chi connectivity index (χ1n) is 10.1. The van der Waals surface area contributed by atoms with Gasteiger partial charge in [-0.25, -0.2) is 0 Å². The van der Waals surface area contributed by atoms with Gasteiger partial charge in [-0.05, 0) is 55.0 Å². The van der Waals surface area contributed by atoms with Crippen molar-refractivity contribution in [2.24, 2.45) is 0 Å². The molecule has 0 saturated heterocycles. The summed E-state index contributed by atoms with van der Waals surface area (Å²) in [5.74, 6) is 0.644. The summed E-state index contributed by atoms with van der Waals surface area (Å²) in [7, 11) is 1.57. The van der Waals surface area contributed by atoms with Gasteiger partial charge >= 0.3 is 0 Å². The van der Waals surface area contributed by atoms with Crippen molar-refractivity contribution in [3.05, 3.63) is 107 Å². The van der Waals surface area contributed by atoms with Gasteiger partial charge in [0.25, 0.3) is 11.5 Å². The van der Waals surface area contributed by atoms with Gasteiger partial charge in [0.05, 0.1) is 11.9 Å². The van der Waals surface area contributed by atoms with Gasteiger partial charge in [0.15, 0.2) is 11.4 Å². The molecular formula is C25H22N4O3. The number of aryl methyl sites for hydroxylation is 1. The lowest BCUT2D eigenvalue weighted by Gasteiger charge is -2.15. The van der Waals surface area contributed by atoms with Crippen LogP contribution in [-0.2, 0) is 0 Å². The normalized spacial score (nSPS) is 10.4. The van der Waals surface area contributed by atoms with Crippen molar-refractivity contribution in [1.29, 1.82) is 0 Å². The molecule has 32 heavy (non-hydrogen) atoms. The van der Waals surface area contributed by atoms with E-state index in [2.05, 4.69) is 15.7 Å². The minimum atomic E-state index is -0.383. The van der Waals surface area contributed by atoms with E-state index in [0.717, 1.165) is 5.56 Å². The maximum atomic E-state index is 13.4. The number of para-hydroxylation sites is 1. The maximum Gasteiger partial charge on any atom is 0.299 e. The molecule has 1 aromatic heterocycles. The zero-order valence-electron chi connectivity index (χ0n) is 17.7. The molecule has 0 atom stereocenters. The Balaban J connectivity index is 1.80. The van der Waals surface area contributed by atoms with E-state index in [9.17, 15) is 9.59 Å². The fourth-order valence-electron chi connectivity index (χ4n) is 3.22. The van der Waals surface area contributed by atoms with E-state index in [-0.39, 0.29) is 22.9 Å². The Hall–Kier alpha value is -4.39. The molecule has 0 aliphatic carbocycles. The molecule has 4 aromatic rings. The number of aromatic nitrogens is 2. The van der Waals surface area contributed by atoms with Crippen LogP contribution in [-0.4, -0.2) is 22.7 Å². The largest absolute Gasteiger partial charge is 0.453 e. The van der Waals surface area contributed by atoms with E-state index >= 15 is 0 Å². The number of hydrogen-bond donors (Lipinski definition) is 2. The summed E-state index contributed by atoms with van der Waals surface area (Å²) in [6, 6.07) is 23.5. The average Bonchev–Trinajstić information content (AvgIpc) is 2.82. The predicted molar refractivity (Wildman–Crippen MR) is 124 cm³/mol. The predicted octanol–water partition coefficient (Wildman–Crippen LogP) is 4.44. The van der Waals surface area contributed by atoms with Gasteiger partial charge in [-0.15, -0.1) is 0 Å². The van der Waals surface area contributed by atoms with E-state index < -0.39 is 0 Å². The molecule has 0 saturated carbocycles. The zero-order chi connectivity index (χ0) is 22.5. The van der Waals surface area contributed by atoms with Crippen molar-refractivity contribution in [3.63, 3.8) is 0 Å². The number of carbonyl (C=O) groups is 1. The van der Waals surface area contributed by atoms with Crippen LogP contribution in [0.2, 0.25) is 0 Å². The summed E-state index contributed by atoms with van der Waals surface area (Å²) in [5, 5.41) is 10.0. The first-order chi connectivity index (χ1) is 15.5. The van der Waals surface area contributed by atoms with Gasteiger partial charge in [0, 0.05) is 18.3 Å². The number of amides is 1. The van der Waals surface area contributed by atoms with Gasteiger partial charge in [0.1, 0.15) is 5.75 Å². The fourth-order valence-corrected chi connectivity index (χ4v) is 3.22. The van der Waals surface area contributed by atoms with Crippen molar-refractivity contribution >= 4 is 17.3 Å². The Morgan fingerprint density at radius 3 is 2.50 bits per heavy atom. The molecule has 0 fully saturated rings. The number of rotatable bonds is 6. The maximum absolute atomic E-state index is 13.4. The summed E-state index contributed by atoms with van der Waals surface area (Å²) in [5.41, 5.74) is 2.52. The van der Waals surface area contributed by atoms with E-state index in [1.165, 1.54) is 10.9 Å². The number of carbonyl (C=O) groups excluding carboxylic acids is 1. The lowest BCUT2D eigenvalue weighted by molar-refractivity contribution is 0.0963. The van der Waals surface area contributed by atoms with Crippen LogP contribution in [0.25, 0.3) is 5.69 Å². The zero-order valence-corrected chi connectivity index (χ0v) is 17.7. The van der Waals surface area contributed by atoms with E-state index in [4.69, 9.17) is 4.74 Å². The molecule has 0 unspecified atom stereocenters. The molecule has 7 nitrogen and oxygen atoms in total. The Morgan fingerprint density at radius 1 is 0.969 bits per heavy atom. The third-order valence-electron chi connectivity index (χ3n) is 4.78. The standard InChI is InChI=1S/C25H22N4O3/c1-17-8-6-13-21(14-17)32-22-16-27-29(20-11-4-3-5-12-20)25(31)23(22)28-19-10-7-9-18(15-19)24(30)26-2/h3-16,28H,1-2H3,(H,26,30). The number of benzene rings is 3. The molecule has 7 heteroatoms. The molecule has 0 radical (unpaired) electrons. The lowest BCUT2D eigenvalue weighted by atomic mass is 10.2. The fraction of sp³-hybridized carbons (Fsp3) is 0.0800. The number of nitrogens with one attached hydrogen (secondary N) is 2. The summed E-state index contributed by atoms with van der Waals surface area (Å²) in [6.45, 7) is 1.96. The minimum Gasteiger partial charge on any atom is -0.453 e. The molecule has 1 amide bonds. The Kier molecular flexibility index (Phi) is 5.98. The molecule has 0 aliphatic rings. The summed E-state index contributed by atoms with van der Waals surface area (Å²) >= 11 is 0. The SMILES string of the molecule is CNC(=O)c1cccc(Nc2c(Oc3cccc(C)c3)cnn(-c3ccccc3)c2=O)c1. The smallest absolute Gasteiger partial charge is 0.299 e. The third kappa shape index (κ3) is 4.52. The first kappa shape index (κ1) is 20.9. The third-order valence-corrected chi connectivity index (χ3v) is 4.78. The van der Waals surface area contributed by atoms with Crippen LogP contribution in [0.5, 0.6) is 11.5 Å². The molecule has 0 bridgehead atoms. The van der Waals surface area contributed by atoms with E-state index in [1.54, 1.807) is 43.4 Å². The second kappa shape index (κ2) is 9.18. The van der Waals surface area contributed by atoms with Crippen LogP contribution < -0.4 is 20.9 Å². The molecule has 0 aliphatic heterocycles. The van der Waals surface area contributed by atoms with Crippen LogP contribution in [0.4, 0.5) is 11.4 Å². The Labute approximate surface area is 185 Å². The number of ether oxygens (including phenoxy) is 1. The first-order valence-corrected chi connectivity index (χ1v) is 10.1. The van der Waals surface area contributed by atoms with Crippen LogP contribution >= 0.6 is 0 Å². The van der Waals surface area contributed by atoms with Crippen molar-refractivity contribution < 1.29 is 9.53 Å². The highest BCUT2D eigenvalue weighted by atomic mass is 16.5. The number of nitrogens with zero attached hydrogens (tertiary/aromatic N) is 2. The van der Waals surface area contributed by atoms with Crippen LogP contribution in [0.15, 0.2) is 89.9 Å². The Morgan fingerprint density at radius 2 is 1.75 bits per heavy atom. The van der Waals surface area contributed by atoms with E-state index in [0.29, 0.717) is 22.7 Å². The highest BCUT2D eigenvalue weighted by Crippen LogP contribution is 2.29. The van der Waals surface area contributed by atoms with Crippen molar-refractivity contribution in [2.75, 3.05) is 12.4 Å². The molecule has 2 N–H and O–H groups in total. The van der Waals surface area contributed by atoms with Crippen LogP contribution in [0.1, 0.15) is 15.9 Å². The van der Waals surface area contributed by atoms with Crippen molar-refractivity contribution in [3.8, 4) is 17.2 Å². The van der Waals surface area contributed by atoms with E-state index in [1.807, 2.05) is 49.4 Å². The summed E-state index contributed by atoms with van der Waals surface area (Å²) in [4.78, 5) is 25.4. The lowest BCUT2D eigenvalue weighted by Crippen LogP contribution is -2.24. The highest BCUT2D eigenvalue weighted by Gasteiger charge is 2.16. The van der Waals surface area contributed by atoms with Gasteiger partial charge in [-0.2, -0.15) is 9.78 Å². The van der Waals surface area contributed by atoms with Crippen LogP contribution in [0, 0.1) is 6.92 Å². The minimum absolute atomic E-state index is 0.208. The second-order valence-electron chi connectivity index (χ2n) is 7.14. The van der Waals surface area contributed by atoms with Crippen molar-refractivity contribution in [1.82, 2.24) is 15.1 Å². The molecule has 160 valence electrons.